The highest BCUT2D eigenvalue weighted by atomic mass is 35.5. The summed E-state index contributed by atoms with van der Waals surface area (Å²) in [7, 11) is -4.01. The van der Waals surface area contributed by atoms with Crippen molar-refractivity contribution in [2.45, 2.75) is 38.4 Å². The van der Waals surface area contributed by atoms with Crippen LogP contribution < -0.4 is 10.0 Å². The van der Waals surface area contributed by atoms with Crippen molar-refractivity contribution in [3.8, 4) is 0 Å². The Kier molecular flexibility index (Phi) is 6.02. The van der Waals surface area contributed by atoms with E-state index in [0.29, 0.717) is 11.1 Å². The van der Waals surface area contributed by atoms with E-state index in [9.17, 15) is 18.5 Å². The molecule has 0 atom stereocenters. The van der Waals surface area contributed by atoms with E-state index in [1.807, 2.05) is 18.2 Å². The maximum Gasteiger partial charge on any atom is 0.289 e. The Bertz CT molecular complexity index is 961. The Morgan fingerprint density at radius 1 is 1.15 bits per heavy atom. The van der Waals surface area contributed by atoms with Crippen LogP contribution in [0, 0.1) is 24.0 Å². The lowest BCUT2D eigenvalue weighted by atomic mass is 10.1. The van der Waals surface area contributed by atoms with Crippen molar-refractivity contribution in [3.05, 3.63) is 68.3 Å². The summed E-state index contributed by atoms with van der Waals surface area (Å²) in [5.74, 6) is 0. The van der Waals surface area contributed by atoms with E-state index in [1.54, 1.807) is 19.9 Å². The zero-order chi connectivity index (χ0) is 18.2. The van der Waals surface area contributed by atoms with Gasteiger partial charge in [-0.15, -0.1) is 12.4 Å². The van der Waals surface area contributed by atoms with Crippen LogP contribution in [0.3, 0.4) is 0 Å². The molecule has 0 spiro atoms. The molecule has 7 nitrogen and oxygen atoms in total. The van der Waals surface area contributed by atoms with Crippen LogP contribution in [0.5, 0.6) is 0 Å². The maximum atomic E-state index is 12.7. The average Bonchev–Trinajstić information content (AvgIpc) is 3.02. The van der Waals surface area contributed by atoms with E-state index < -0.39 is 20.6 Å². The van der Waals surface area contributed by atoms with Crippen molar-refractivity contribution in [3.63, 3.8) is 0 Å². The lowest BCUT2D eigenvalue weighted by Gasteiger charge is -2.12. The van der Waals surface area contributed by atoms with Crippen LogP contribution in [-0.2, 0) is 29.7 Å². The second kappa shape index (κ2) is 7.71. The Labute approximate surface area is 158 Å². The largest absolute Gasteiger partial charge is 0.309 e. The summed E-state index contributed by atoms with van der Waals surface area (Å²) >= 11 is 0. The molecule has 0 amide bonds. The normalized spacial score (nSPS) is 13.2. The Morgan fingerprint density at radius 2 is 1.85 bits per heavy atom. The van der Waals surface area contributed by atoms with E-state index in [2.05, 4.69) is 10.0 Å². The lowest BCUT2D eigenvalue weighted by molar-refractivity contribution is -0.387. The summed E-state index contributed by atoms with van der Waals surface area (Å²) in [6, 6.07) is 8.58. The molecule has 0 bridgehead atoms. The minimum atomic E-state index is -4.01. The number of halogens is 1. The third-order valence-corrected chi connectivity index (χ3v) is 6.07. The van der Waals surface area contributed by atoms with E-state index in [4.69, 9.17) is 0 Å². The fourth-order valence-corrected chi connectivity index (χ4v) is 4.45. The summed E-state index contributed by atoms with van der Waals surface area (Å²) < 4.78 is 27.9. The molecule has 2 N–H and O–H groups in total. The van der Waals surface area contributed by atoms with Crippen LogP contribution in [0.1, 0.15) is 27.8 Å². The molecule has 0 unspecified atom stereocenters. The number of benzene rings is 2. The highest BCUT2D eigenvalue weighted by molar-refractivity contribution is 7.89. The molecule has 9 heteroatoms. The van der Waals surface area contributed by atoms with Crippen LogP contribution in [0.15, 0.2) is 35.2 Å². The first kappa shape index (κ1) is 20.3. The number of hydrogen-bond acceptors (Lipinski definition) is 5. The van der Waals surface area contributed by atoms with Crippen molar-refractivity contribution in [2.75, 3.05) is 0 Å². The first-order chi connectivity index (χ1) is 11.8. The first-order valence-electron chi connectivity index (χ1n) is 7.85. The lowest BCUT2D eigenvalue weighted by Crippen LogP contribution is -2.25. The SMILES string of the molecule is Cc1ccc([N+](=O)[O-])c(S(=O)(=O)NCc2ccc3c(c2)CNC3)c1C.Cl. The van der Waals surface area contributed by atoms with Crippen LogP contribution in [-0.4, -0.2) is 13.3 Å². The summed E-state index contributed by atoms with van der Waals surface area (Å²) in [4.78, 5) is 10.3. The second-order valence-electron chi connectivity index (χ2n) is 6.14. The van der Waals surface area contributed by atoms with Crippen LogP contribution >= 0.6 is 12.4 Å². The molecule has 0 aliphatic carbocycles. The van der Waals surface area contributed by atoms with Gasteiger partial charge in [-0.2, -0.15) is 0 Å². The summed E-state index contributed by atoms with van der Waals surface area (Å²) in [6.45, 7) is 4.97. The van der Waals surface area contributed by atoms with Gasteiger partial charge >= 0.3 is 0 Å². The average molecular weight is 398 g/mol. The zero-order valence-electron chi connectivity index (χ0n) is 14.4. The van der Waals surface area contributed by atoms with E-state index in [-0.39, 0.29) is 23.8 Å². The molecule has 2 aromatic rings. The van der Waals surface area contributed by atoms with E-state index >= 15 is 0 Å². The molecule has 0 fully saturated rings. The van der Waals surface area contributed by atoms with Gasteiger partial charge in [-0.1, -0.05) is 24.3 Å². The van der Waals surface area contributed by atoms with E-state index in [1.165, 1.54) is 11.6 Å². The summed E-state index contributed by atoms with van der Waals surface area (Å²) in [6.07, 6.45) is 0. The maximum absolute atomic E-state index is 12.7. The number of sulfonamides is 1. The van der Waals surface area contributed by atoms with Gasteiger partial charge < -0.3 is 5.32 Å². The molecule has 1 aliphatic rings. The minimum absolute atomic E-state index is 0. The number of nitrogens with one attached hydrogen (secondary N) is 2. The molecule has 1 heterocycles. The number of nitro groups is 1. The molecule has 1 aliphatic heterocycles. The van der Waals surface area contributed by atoms with E-state index in [0.717, 1.165) is 24.2 Å². The van der Waals surface area contributed by atoms with Crippen molar-refractivity contribution >= 4 is 28.1 Å². The molecular weight excluding hydrogens is 378 g/mol. The van der Waals surface area contributed by atoms with Crippen molar-refractivity contribution in [1.29, 1.82) is 0 Å². The van der Waals surface area contributed by atoms with Gasteiger partial charge in [-0.05, 0) is 41.7 Å². The predicted molar refractivity (Wildman–Crippen MR) is 101 cm³/mol. The van der Waals surface area contributed by atoms with Gasteiger partial charge in [0.2, 0.25) is 10.0 Å². The van der Waals surface area contributed by atoms with Gasteiger partial charge in [0.15, 0.2) is 4.90 Å². The van der Waals surface area contributed by atoms with Crippen LogP contribution in [0.25, 0.3) is 0 Å². The summed E-state index contributed by atoms with van der Waals surface area (Å²) in [5, 5.41) is 14.5. The van der Waals surface area contributed by atoms with Gasteiger partial charge in [0.25, 0.3) is 5.69 Å². The number of aryl methyl sites for hydroxylation is 1. The zero-order valence-corrected chi connectivity index (χ0v) is 16.0. The first-order valence-corrected chi connectivity index (χ1v) is 9.33. The van der Waals surface area contributed by atoms with Crippen molar-refractivity contribution in [2.24, 2.45) is 0 Å². The number of fused-ring (bicyclic) bond motifs is 1. The number of rotatable bonds is 5. The third kappa shape index (κ3) is 3.88. The van der Waals surface area contributed by atoms with Gasteiger partial charge in [-0.25, -0.2) is 13.1 Å². The Balaban J connectivity index is 0.00000243. The molecule has 0 saturated heterocycles. The van der Waals surface area contributed by atoms with Crippen molar-refractivity contribution < 1.29 is 13.3 Å². The fraction of sp³-hybridized carbons (Fsp3) is 0.294. The second-order valence-corrected chi connectivity index (χ2v) is 7.85. The van der Waals surface area contributed by atoms with Gasteiger partial charge in [0.05, 0.1) is 4.92 Å². The van der Waals surface area contributed by atoms with Crippen LogP contribution in [0.4, 0.5) is 5.69 Å². The Hall–Kier alpha value is -2.00. The molecular formula is C17H20ClN3O4S. The number of nitro benzene ring substituents is 1. The van der Waals surface area contributed by atoms with Crippen molar-refractivity contribution in [1.82, 2.24) is 10.0 Å². The molecule has 3 rings (SSSR count). The standard InChI is InChI=1S/C17H19N3O4S.ClH/c1-11-3-6-16(20(21)22)17(12(11)2)25(23,24)19-8-13-4-5-14-9-18-10-15(14)7-13;/h3-7,18-19H,8-10H2,1-2H3;1H. The topological polar surface area (TPSA) is 101 Å². The minimum Gasteiger partial charge on any atom is -0.309 e. The molecule has 140 valence electrons. The monoisotopic (exact) mass is 397 g/mol. The summed E-state index contributed by atoms with van der Waals surface area (Å²) in [5.41, 5.74) is 3.84. The smallest absolute Gasteiger partial charge is 0.289 e. The van der Waals surface area contributed by atoms with Crippen LogP contribution in [0.2, 0.25) is 0 Å². The fourth-order valence-electron chi connectivity index (χ4n) is 2.97. The number of nitrogens with zero attached hydrogens (tertiary/aromatic N) is 1. The predicted octanol–water partition coefficient (Wildman–Crippen LogP) is 2.72. The highest BCUT2D eigenvalue weighted by Gasteiger charge is 2.28. The van der Waals surface area contributed by atoms with Gasteiger partial charge in [0, 0.05) is 25.7 Å². The van der Waals surface area contributed by atoms with Gasteiger partial charge in [0.1, 0.15) is 0 Å². The molecule has 2 aromatic carbocycles. The molecule has 0 aromatic heterocycles. The molecule has 0 saturated carbocycles. The van der Waals surface area contributed by atoms with Gasteiger partial charge in [-0.3, -0.25) is 10.1 Å². The molecule has 0 radical (unpaired) electrons. The Morgan fingerprint density at radius 3 is 2.54 bits per heavy atom. The number of hydrogen-bond donors (Lipinski definition) is 2. The third-order valence-electron chi connectivity index (χ3n) is 4.49. The quantitative estimate of drug-likeness (QED) is 0.596. The highest BCUT2D eigenvalue weighted by Crippen LogP contribution is 2.29. The molecule has 26 heavy (non-hydrogen) atoms.